The van der Waals surface area contributed by atoms with Gasteiger partial charge in [0.05, 0.1) is 13.3 Å². The van der Waals surface area contributed by atoms with Crippen LogP contribution < -0.4 is 4.74 Å². The van der Waals surface area contributed by atoms with Gasteiger partial charge in [-0.2, -0.15) is 0 Å². The molecule has 0 bridgehead atoms. The van der Waals surface area contributed by atoms with Gasteiger partial charge in [0.2, 0.25) is 0 Å². The number of hydrogen-bond acceptors (Lipinski definition) is 2. The third-order valence-corrected chi connectivity index (χ3v) is 1.68. The predicted molar refractivity (Wildman–Crippen MR) is 40.4 cm³/mol. The first-order valence-electron chi connectivity index (χ1n) is 3.55. The van der Waals surface area contributed by atoms with E-state index >= 15 is 0 Å². The van der Waals surface area contributed by atoms with Crippen molar-refractivity contribution in [1.82, 2.24) is 4.98 Å². The Morgan fingerprint density at radius 2 is 2.08 bits per heavy atom. The Kier molecular flexibility index (Phi) is 2.75. The zero-order valence-corrected chi connectivity index (χ0v) is 7.14. The third-order valence-electron chi connectivity index (χ3n) is 1.68. The van der Waals surface area contributed by atoms with Crippen LogP contribution in [0.25, 0.3) is 0 Å². The van der Waals surface area contributed by atoms with Gasteiger partial charge in [0, 0.05) is 5.56 Å². The fourth-order valence-corrected chi connectivity index (χ4v) is 0.941. The Labute approximate surface area is 73.4 Å². The van der Waals surface area contributed by atoms with Gasteiger partial charge in [0.15, 0.2) is 11.6 Å². The van der Waals surface area contributed by atoms with Crippen molar-refractivity contribution in [3.05, 3.63) is 23.3 Å². The molecule has 0 atom stereocenters. The lowest BCUT2D eigenvalue weighted by Crippen LogP contribution is -2.00. The summed E-state index contributed by atoms with van der Waals surface area (Å²) in [6.45, 7) is 1.24. The summed E-state index contributed by atoms with van der Waals surface area (Å²) in [5, 5.41) is 0. The highest BCUT2D eigenvalue weighted by atomic mass is 19.3. The third kappa shape index (κ3) is 1.74. The summed E-state index contributed by atoms with van der Waals surface area (Å²) in [5.74, 6) is -0.908. The average Bonchev–Trinajstić information content (AvgIpc) is 2.09. The van der Waals surface area contributed by atoms with E-state index in [-0.39, 0.29) is 11.3 Å². The molecule has 0 amide bonds. The second kappa shape index (κ2) is 3.64. The summed E-state index contributed by atoms with van der Waals surface area (Å²) >= 11 is 0. The smallest absolute Gasteiger partial charge is 0.280 e. The van der Waals surface area contributed by atoms with Crippen molar-refractivity contribution < 1.29 is 17.9 Å². The molecule has 0 saturated heterocycles. The largest absolute Gasteiger partial charge is 0.492 e. The van der Waals surface area contributed by atoms with Gasteiger partial charge in [-0.1, -0.05) is 0 Å². The normalized spacial score (nSPS) is 10.6. The number of methoxy groups -OCH3 is 1. The number of hydrogen-bond donors (Lipinski definition) is 0. The van der Waals surface area contributed by atoms with Gasteiger partial charge < -0.3 is 4.74 Å². The Hall–Kier alpha value is -1.26. The van der Waals surface area contributed by atoms with Crippen LogP contribution in [0.2, 0.25) is 0 Å². The fraction of sp³-hybridized carbons (Fsp3) is 0.375. The van der Waals surface area contributed by atoms with E-state index in [0.29, 0.717) is 0 Å². The number of aromatic nitrogens is 1. The Balaban J connectivity index is 3.23. The molecular formula is C8H8F3NO. The fourth-order valence-electron chi connectivity index (χ4n) is 0.941. The monoisotopic (exact) mass is 191 g/mol. The molecule has 1 rings (SSSR count). The first-order chi connectivity index (χ1) is 6.07. The molecule has 0 N–H and O–H groups in total. The van der Waals surface area contributed by atoms with E-state index in [1.165, 1.54) is 14.0 Å². The Morgan fingerprint density at radius 1 is 1.46 bits per heavy atom. The number of alkyl halides is 2. The molecule has 2 nitrogen and oxygen atoms in total. The molecule has 0 aliphatic rings. The zero-order chi connectivity index (χ0) is 10.0. The van der Waals surface area contributed by atoms with Crippen LogP contribution in [-0.2, 0) is 0 Å². The van der Waals surface area contributed by atoms with Crippen molar-refractivity contribution in [2.24, 2.45) is 0 Å². The van der Waals surface area contributed by atoms with Crippen molar-refractivity contribution in [3.63, 3.8) is 0 Å². The van der Waals surface area contributed by atoms with Crippen molar-refractivity contribution >= 4 is 0 Å². The van der Waals surface area contributed by atoms with Crippen LogP contribution in [0, 0.1) is 12.7 Å². The summed E-state index contributed by atoms with van der Waals surface area (Å²) in [5.41, 5.74) is -0.715. The summed E-state index contributed by atoms with van der Waals surface area (Å²) in [7, 11) is 1.25. The molecule has 0 aliphatic heterocycles. The number of ether oxygens (including phenoxy) is 1. The first kappa shape index (κ1) is 9.83. The SMILES string of the molecule is COc1cnc(C(F)F)c(C)c1F. The lowest BCUT2D eigenvalue weighted by molar-refractivity contribution is 0.144. The zero-order valence-electron chi connectivity index (χ0n) is 7.14. The van der Waals surface area contributed by atoms with Gasteiger partial charge >= 0.3 is 0 Å². The molecule has 0 fully saturated rings. The van der Waals surface area contributed by atoms with Crippen LogP contribution in [0.3, 0.4) is 0 Å². The van der Waals surface area contributed by atoms with Gasteiger partial charge in [-0.05, 0) is 6.92 Å². The highest BCUT2D eigenvalue weighted by molar-refractivity contribution is 5.31. The second-order valence-electron chi connectivity index (χ2n) is 2.45. The topological polar surface area (TPSA) is 22.1 Å². The molecule has 0 unspecified atom stereocenters. The second-order valence-corrected chi connectivity index (χ2v) is 2.45. The first-order valence-corrected chi connectivity index (χ1v) is 3.55. The van der Waals surface area contributed by atoms with Crippen LogP contribution in [0.1, 0.15) is 17.7 Å². The molecule has 0 saturated carbocycles. The highest BCUT2D eigenvalue weighted by Crippen LogP contribution is 2.26. The lowest BCUT2D eigenvalue weighted by atomic mass is 10.2. The molecule has 1 heterocycles. The highest BCUT2D eigenvalue weighted by Gasteiger charge is 2.18. The summed E-state index contributed by atoms with van der Waals surface area (Å²) in [6, 6.07) is 0. The van der Waals surface area contributed by atoms with Crippen molar-refractivity contribution in [2.45, 2.75) is 13.3 Å². The average molecular weight is 191 g/mol. The van der Waals surface area contributed by atoms with Crippen LogP contribution in [0.5, 0.6) is 5.75 Å². The molecular weight excluding hydrogens is 183 g/mol. The molecule has 5 heteroatoms. The summed E-state index contributed by atoms with van der Waals surface area (Å²) < 4.78 is 42.0. The standard InChI is InChI=1S/C8H8F3NO/c1-4-6(9)5(13-2)3-12-7(4)8(10)11/h3,8H,1-2H3. The van der Waals surface area contributed by atoms with E-state index in [4.69, 9.17) is 0 Å². The predicted octanol–water partition coefficient (Wildman–Crippen LogP) is 2.48. The van der Waals surface area contributed by atoms with Gasteiger partial charge in [0.25, 0.3) is 6.43 Å². The molecule has 0 radical (unpaired) electrons. The molecule has 72 valence electrons. The van der Waals surface area contributed by atoms with Crippen molar-refractivity contribution in [1.29, 1.82) is 0 Å². The van der Waals surface area contributed by atoms with E-state index in [1.54, 1.807) is 0 Å². The number of rotatable bonds is 2. The van der Waals surface area contributed by atoms with E-state index in [0.717, 1.165) is 6.20 Å². The summed E-state index contributed by atoms with van der Waals surface area (Å²) in [6.07, 6.45) is -1.82. The number of pyridine rings is 1. The van der Waals surface area contributed by atoms with E-state index in [9.17, 15) is 13.2 Å². The molecule has 1 aromatic rings. The Morgan fingerprint density at radius 3 is 2.54 bits per heavy atom. The number of halogens is 3. The maximum atomic E-state index is 13.1. The van der Waals surface area contributed by atoms with Crippen LogP contribution in [0.4, 0.5) is 13.2 Å². The Bertz CT molecular complexity index is 315. The summed E-state index contributed by atoms with van der Waals surface area (Å²) in [4.78, 5) is 3.39. The molecule has 1 aromatic heterocycles. The molecule has 0 aromatic carbocycles. The number of nitrogens with zero attached hydrogens (tertiary/aromatic N) is 1. The van der Waals surface area contributed by atoms with Crippen molar-refractivity contribution in [3.8, 4) is 5.75 Å². The quantitative estimate of drug-likeness (QED) is 0.716. The van der Waals surface area contributed by atoms with Crippen LogP contribution in [0.15, 0.2) is 6.20 Å². The van der Waals surface area contributed by atoms with Gasteiger partial charge in [-0.15, -0.1) is 0 Å². The van der Waals surface area contributed by atoms with E-state index in [2.05, 4.69) is 9.72 Å². The van der Waals surface area contributed by atoms with Gasteiger partial charge in [0.1, 0.15) is 5.69 Å². The van der Waals surface area contributed by atoms with E-state index in [1.807, 2.05) is 0 Å². The molecule has 0 spiro atoms. The van der Waals surface area contributed by atoms with Gasteiger partial charge in [-0.25, -0.2) is 13.2 Å². The van der Waals surface area contributed by atoms with Crippen molar-refractivity contribution in [2.75, 3.05) is 7.11 Å². The minimum Gasteiger partial charge on any atom is -0.492 e. The van der Waals surface area contributed by atoms with Crippen LogP contribution >= 0.6 is 0 Å². The minimum absolute atomic E-state index is 0.123. The minimum atomic E-state index is -2.76. The molecule has 0 aliphatic carbocycles. The maximum Gasteiger partial charge on any atom is 0.280 e. The van der Waals surface area contributed by atoms with Crippen LogP contribution in [-0.4, -0.2) is 12.1 Å². The lowest BCUT2D eigenvalue weighted by Gasteiger charge is -2.07. The van der Waals surface area contributed by atoms with Gasteiger partial charge in [-0.3, -0.25) is 4.98 Å². The maximum absolute atomic E-state index is 13.1. The van der Waals surface area contributed by atoms with E-state index < -0.39 is 17.9 Å². The molecule has 13 heavy (non-hydrogen) atoms.